The zero-order chi connectivity index (χ0) is 28.6. The highest BCUT2D eigenvalue weighted by Gasteiger charge is 2.35. The zero-order valence-corrected chi connectivity index (χ0v) is 23.8. The Bertz CT molecular complexity index is 1840. The van der Waals surface area contributed by atoms with Crippen molar-refractivity contribution in [2.24, 2.45) is 20.9 Å². The molecule has 208 valence electrons. The summed E-state index contributed by atoms with van der Waals surface area (Å²) in [6, 6.07) is 36.5. The first-order valence-electron chi connectivity index (χ1n) is 15.1. The third kappa shape index (κ3) is 4.89. The van der Waals surface area contributed by atoms with Gasteiger partial charge in [-0.3, -0.25) is 4.99 Å². The van der Waals surface area contributed by atoms with Gasteiger partial charge in [0.05, 0.1) is 0 Å². The maximum atomic E-state index is 5.21. The second kappa shape index (κ2) is 11.0. The number of rotatable bonds is 5. The lowest BCUT2D eigenvalue weighted by molar-refractivity contribution is 0.631. The first-order chi connectivity index (χ1) is 21.3. The number of aliphatic imine (C=N–C) groups is 3. The molecular weight excluding hydrogens is 524 g/mol. The molecule has 0 aromatic heterocycles. The summed E-state index contributed by atoms with van der Waals surface area (Å²) in [7, 11) is 0. The van der Waals surface area contributed by atoms with Gasteiger partial charge < -0.3 is 5.32 Å². The van der Waals surface area contributed by atoms with E-state index in [4.69, 9.17) is 9.98 Å². The van der Waals surface area contributed by atoms with Crippen LogP contribution in [0.5, 0.6) is 0 Å². The largest absolute Gasteiger partial charge is 0.324 e. The molecule has 8 rings (SSSR count). The fraction of sp³-hybridized carbons (Fsp3) is 0.154. The fourth-order valence-corrected chi connectivity index (χ4v) is 6.78. The smallest absolute Gasteiger partial charge is 0.169 e. The van der Waals surface area contributed by atoms with Gasteiger partial charge in [0, 0.05) is 35.4 Å². The van der Waals surface area contributed by atoms with Gasteiger partial charge in [0.25, 0.3) is 0 Å². The molecule has 0 saturated carbocycles. The fourth-order valence-electron chi connectivity index (χ4n) is 6.78. The van der Waals surface area contributed by atoms with Crippen LogP contribution in [0.1, 0.15) is 63.4 Å². The minimum absolute atomic E-state index is 0.292. The molecule has 0 saturated heterocycles. The van der Waals surface area contributed by atoms with E-state index < -0.39 is 0 Å². The summed E-state index contributed by atoms with van der Waals surface area (Å²) >= 11 is 0. The van der Waals surface area contributed by atoms with Crippen LogP contribution >= 0.6 is 0 Å². The normalized spacial score (nSPS) is 23.5. The van der Waals surface area contributed by atoms with Crippen LogP contribution in [0.2, 0.25) is 0 Å². The van der Waals surface area contributed by atoms with E-state index >= 15 is 0 Å². The van der Waals surface area contributed by atoms with Crippen LogP contribution < -0.4 is 5.32 Å². The molecule has 4 aromatic carbocycles. The molecule has 4 atom stereocenters. The Kier molecular flexibility index (Phi) is 6.52. The maximum absolute atomic E-state index is 5.21. The lowest BCUT2D eigenvalue weighted by atomic mass is 9.82. The molecule has 0 spiro atoms. The van der Waals surface area contributed by atoms with E-state index in [-0.39, 0.29) is 6.17 Å². The Labute approximate surface area is 252 Å². The average Bonchev–Trinajstić information content (AvgIpc) is 3.47. The topological polar surface area (TPSA) is 49.1 Å². The molecule has 2 heterocycles. The molecule has 4 aliphatic rings. The molecule has 2 aliphatic carbocycles. The van der Waals surface area contributed by atoms with Crippen molar-refractivity contribution >= 4 is 23.5 Å². The van der Waals surface area contributed by atoms with E-state index in [0.29, 0.717) is 17.8 Å². The number of amidine groups is 2. The molecule has 43 heavy (non-hydrogen) atoms. The Hall–Kier alpha value is -5.09. The van der Waals surface area contributed by atoms with Gasteiger partial charge in [-0.15, -0.1) is 0 Å². The van der Waals surface area contributed by atoms with Crippen molar-refractivity contribution in [3.05, 3.63) is 173 Å². The van der Waals surface area contributed by atoms with Gasteiger partial charge in [0.15, 0.2) is 6.17 Å². The Morgan fingerprint density at radius 3 is 2.28 bits per heavy atom. The second-order valence-electron chi connectivity index (χ2n) is 11.6. The molecule has 4 nitrogen and oxygen atoms in total. The zero-order valence-electron chi connectivity index (χ0n) is 23.8. The summed E-state index contributed by atoms with van der Waals surface area (Å²) in [5.41, 5.74) is 9.94. The van der Waals surface area contributed by atoms with Crippen LogP contribution in [0.25, 0.3) is 5.57 Å². The summed E-state index contributed by atoms with van der Waals surface area (Å²) in [5.74, 6) is 2.83. The first-order valence-corrected chi connectivity index (χ1v) is 15.1. The number of fused-ring (bicyclic) bond motifs is 3. The number of hydrogen-bond acceptors (Lipinski definition) is 4. The van der Waals surface area contributed by atoms with Crippen LogP contribution in [0.15, 0.2) is 149 Å². The van der Waals surface area contributed by atoms with Crippen LogP contribution in [0.3, 0.4) is 0 Å². The molecular formula is C39H32N4. The molecule has 2 aliphatic heterocycles. The van der Waals surface area contributed by atoms with Crippen molar-refractivity contribution in [3.8, 4) is 0 Å². The van der Waals surface area contributed by atoms with Gasteiger partial charge >= 0.3 is 0 Å². The van der Waals surface area contributed by atoms with Gasteiger partial charge in [-0.1, -0.05) is 127 Å². The maximum Gasteiger partial charge on any atom is 0.169 e. The molecule has 0 amide bonds. The summed E-state index contributed by atoms with van der Waals surface area (Å²) in [5, 5.41) is 3.64. The summed E-state index contributed by atoms with van der Waals surface area (Å²) < 4.78 is 0. The molecule has 0 fully saturated rings. The third-order valence-electron chi connectivity index (χ3n) is 8.99. The predicted octanol–water partition coefficient (Wildman–Crippen LogP) is 8.16. The Morgan fingerprint density at radius 1 is 0.698 bits per heavy atom. The monoisotopic (exact) mass is 556 g/mol. The minimum Gasteiger partial charge on any atom is -0.324 e. The molecule has 4 aromatic rings. The molecule has 0 bridgehead atoms. The first kappa shape index (κ1) is 25.6. The summed E-state index contributed by atoms with van der Waals surface area (Å²) in [6.07, 6.45) is 15.0. The summed E-state index contributed by atoms with van der Waals surface area (Å²) in [6.45, 7) is 0. The highest BCUT2D eigenvalue weighted by molar-refractivity contribution is 6.16. The molecule has 4 heteroatoms. The van der Waals surface area contributed by atoms with Crippen molar-refractivity contribution in [3.63, 3.8) is 0 Å². The van der Waals surface area contributed by atoms with Gasteiger partial charge in [0.1, 0.15) is 11.7 Å². The second-order valence-corrected chi connectivity index (χ2v) is 11.6. The van der Waals surface area contributed by atoms with E-state index in [1.165, 1.54) is 33.4 Å². The molecule has 0 radical (unpaired) electrons. The predicted molar refractivity (Wildman–Crippen MR) is 177 cm³/mol. The van der Waals surface area contributed by atoms with E-state index in [1.807, 2.05) is 18.3 Å². The van der Waals surface area contributed by atoms with Crippen molar-refractivity contribution < 1.29 is 0 Å². The third-order valence-corrected chi connectivity index (χ3v) is 8.99. The molecule has 4 unspecified atom stereocenters. The standard InChI is InChI=1S/C39H32N4/c1-3-9-28(10-4-1)37-41-38(29-11-5-2-6-12-29)43-39(42-37)34-15-7-13-32-23-31-21-20-30(24-35(31)36(32)34)26-16-18-27(19-17-26)33-14-8-22-40-25-33/h1-13,15-22,24-25,31,33,35,37H,14,23H2,(H,41,42,43). The van der Waals surface area contributed by atoms with Crippen LogP contribution in [0, 0.1) is 5.92 Å². The number of nitrogens with zero attached hydrogens (tertiary/aromatic N) is 3. The molecule has 1 N–H and O–H groups in total. The van der Waals surface area contributed by atoms with Gasteiger partial charge in [-0.25, -0.2) is 9.98 Å². The van der Waals surface area contributed by atoms with Crippen molar-refractivity contribution in [1.29, 1.82) is 0 Å². The summed E-state index contributed by atoms with van der Waals surface area (Å²) in [4.78, 5) is 14.6. The highest BCUT2D eigenvalue weighted by Crippen LogP contribution is 2.46. The van der Waals surface area contributed by atoms with Crippen LogP contribution in [-0.4, -0.2) is 17.9 Å². The van der Waals surface area contributed by atoms with Gasteiger partial charge in [-0.2, -0.15) is 0 Å². The number of hydrogen-bond donors (Lipinski definition) is 1. The number of nitrogens with one attached hydrogen (secondary N) is 1. The van der Waals surface area contributed by atoms with Gasteiger partial charge in [-0.05, 0) is 52.1 Å². The van der Waals surface area contributed by atoms with E-state index in [9.17, 15) is 0 Å². The van der Waals surface area contributed by atoms with E-state index in [0.717, 1.165) is 35.6 Å². The van der Waals surface area contributed by atoms with E-state index in [1.54, 1.807) is 0 Å². The minimum atomic E-state index is -0.304. The SMILES string of the molecule is C1=CN=CC(c2ccc(C3=CC4c5c(cccc5C5=NC(c6ccccc6)N=C(c6ccccc6)N5)CC4C=C3)cc2)C1. The van der Waals surface area contributed by atoms with Crippen LogP contribution in [0.4, 0.5) is 0 Å². The lowest BCUT2D eigenvalue weighted by Crippen LogP contribution is -2.36. The quantitative estimate of drug-likeness (QED) is 0.265. The van der Waals surface area contributed by atoms with Crippen molar-refractivity contribution in [2.45, 2.75) is 30.8 Å². The Morgan fingerprint density at radius 2 is 1.49 bits per heavy atom. The average molecular weight is 557 g/mol. The van der Waals surface area contributed by atoms with Crippen molar-refractivity contribution in [1.82, 2.24) is 5.32 Å². The lowest BCUT2D eigenvalue weighted by Gasteiger charge is -2.26. The number of benzene rings is 4. The van der Waals surface area contributed by atoms with Crippen LogP contribution in [-0.2, 0) is 6.42 Å². The highest BCUT2D eigenvalue weighted by atomic mass is 15.2. The van der Waals surface area contributed by atoms with Gasteiger partial charge in [0.2, 0.25) is 0 Å². The van der Waals surface area contributed by atoms with E-state index in [2.05, 4.69) is 132 Å². The Balaban J connectivity index is 1.16. The number of allylic oxidation sites excluding steroid dienone is 5. The van der Waals surface area contributed by atoms with Crippen molar-refractivity contribution in [2.75, 3.05) is 0 Å².